The molecule has 0 aliphatic rings. The van der Waals surface area contributed by atoms with E-state index in [1.807, 2.05) is 61.5 Å². The second-order valence-corrected chi connectivity index (χ2v) is 6.53. The van der Waals surface area contributed by atoms with Gasteiger partial charge in [-0.2, -0.15) is 0 Å². The van der Waals surface area contributed by atoms with Crippen LogP contribution >= 0.6 is 0 Å². The molecule has 0 spiro atoms. The lowest BCUT2D eigenvalue weighted by Crippen LogP contribution is -2.52. The number of carboxylic acid groups (broad SMARTS) is 1. The van der Waals surface area contributed by atoms with Gasteiger partial charge in [-0.3, -0.25) is 9.59 Å². The number of carbonyl (C=O) groups excluding carboxylic acids is 2. The number of aliphatic carboxylic acids is 1. The summed E-state index contributed by atoms with van der Waals surface area (Å²) in [5, 5.41) is 14.6. The molecular weight excluding hydrogens is 344 g/mol. The number of hydrogen-bond acceptors (Lipinski definition) is 3. The number of carboxylic acids is 1. The number of benzene rings is 2. The third-order valence-corrected chi connectivity index (χ3v) is 4.15. The average molecular weight is 368 g/mol. The molecule has 142 valence electrons. The first kappa shape index (κ1) is 20.2. The Bertz CT molecular complexity index is 788. The van der Waals surface area contributed by atoms with Gasteiger partial charge in [-0.15, -0.1) is 0 Å². The number of hydrogen-bond donors (Lipinski definition) is 3. The van der Waals surface area contributed by atoms with Crippen LogP contribution in [0.5, 0.6) is 0 Å². The van der Waals surface area contributed by atoms with E-state index >= 15 is 0 Å². The van der Waals surface area contributed by atoms with Crippen LogP contribution in [0.1, 0.15) is 23.6 Å². The Kier molecular flexibility index (Phi) is 7.11. The predicted molar refractivity (Wildman–Crippen MR) is 102 cm³/mol. The van der Waals surface area contributed by atoms with E-state index in [0.29, 0.717) is 0 Å². The molecule has 2 aromatic rings. The van der Waals surface area contributed by atoms with Crippen LogP contribution in [0.3, 0.4) is 0 Å². The van der Waals surface area contributed by atoms with Crippen molar-refractivity contribution in [1.82, 2.24) is 10.6 Å². The fourth-order valence-corrected chi connectivity index (χ4v) is 2.74. The third kappa shape index (κ3) is 6.58. The van der Waals surface area contributed by atoms with Crippen molar-refractivity contribution in [3.63, 3.8) is 0 Å². The maximum atomic E-state index is 12.7. The zero-order valence-corrected chi connectivity index (χ0v) is 15.4. The zero-order chi connectivity index (χ0) is 19.8. The van der Waals surface area contributed by atoms with Gasteiger partial charge in [0.1, 0.15) is 12.1 Å². The minimum atomic E-state index is -1.12. The maximum absolute atomic E-state index is 12.7. The summed E-state index contributed by atoms with van der Waals surface area (Å²) in [6, 6.07) is 14.8. The van der Waals surface area contributed by atoms with Gasteiger partial charge in [0.25, 0.3) is 0 Å². The van der Waals surface area contributed by atoms with Crippen molar-refractivity contribution < 1.29 is 19.5 Å². The van der Waals surface area contributed by atoms with Gasteiger partial charge in [-0.25, -0.2) is 4.79 Å². The van der Waals surface area contributed by atoms with Crippen LogP contribution in [0.25, 0.3) is 0 Å². The topological polar surface area (TPSA) is 95.5 Å². The third-order valence-electron chi connectivity index (χ3n) is 4.15. The molecule has 6 nitrogen and oxygen atoms in total. The molecule has 0 unspecified atom stereocenters. The van der Waals surface area contributed by atoms with E-state index in [-0.39, 0.29) is 18.7 Å². The molecule has 0 heterocycles. The number of nitrogens with one attached hydrogen (secondary N) is 2. The van der Waals surface area contributed by atoms with Gasteiger partial charge in [-0.05, 0) is 18.1 Å². The Morgan fingerprint density at radius 2 is 1.41 bits per heavy atom. The highest BCUT2D eigenvalue weighted by Gasteiger charge is 2.26. The molecule has 0 aliphatic carbocycles. The minimum absolute atomic E-state index is 0.166. The number of rotatable bonds is 8. The molecule has 27 heavy (non-hydrogen) atoms. The van der Waals surface area contributed by atoms with Crippen LogP contribution in [-0.4, -0.2) is 35.0 Å². The molecule has 0 saturated carbocycles. The van der Waals surface area contributed by atoms with Crippen molar-refractivity contribution in [2.75, 3.05) is 0 Å². The van der Waals surface area contributed by atoms with Gasteiger partial charge < -0.3 is 15.7 Å². The van der Waals surface area contributed by atoms with E-state index in [9.17, 15) is 19.5 Å². The molecule has 2 amide bonds. The normalized spacial score (nSPS) is 12.7. The smallest absolute Gasteiger partial charge is 0.326 e. The Balaban J connectivity index is 2.10. The van der Waals surface area contributed by atoms with Crippen molar-refractivity contribution >= 4 is 17.8 Å². The lowest BCUT2D eigenvalue weighted by Gasteiger charge is -2.21. The van der Waals surface area contributed by atoms with Gasteiger partial charge >= 0.3 is 5.97 Å². The molecule has 3 N–H and O–H groups in total. The summed E-state index contributed by atoms with van der Waals surface area (Å²) >= 11 is 0. The molecule has 2 atom stereocenters. The monoisotopic (exact) mass is 368 g/mol. The van der Waals surface area contributed by atoms with E-state index in [0.717, 1.165) is 16.7 Å². The summed E-state index contributed by atoms with van der Waals surface area (Å²) in [6.07, 6.45) is 0.447. The number of amides is 2. The van der Waals surface area contributed by atoms with Crippen LogP contribution in [0.4, 0.5) is 0 Å². The molecule has 0 bridgehead atoms. The summed E-state index contributed by atoms with van der Waals surface area (Å²) in [5.41, 5.74) is 2.76. The van der Waals surface area contributed by atoms with Crippen LogP contribution in [0.2, 0.25) is 0 Å². The first-order chi connectivity index (χ1) is 12.8. The van der Waals surface area contributed by atoms with Crippen LogP contribution in [0, 0.1) is 6.92 Å². The summed E-state index contributed by atoms with van der Waals surface area (Å²) < 4.78 is 0. The lowest BCUT2D eigenvalue weighted by atomic mass is 10.0. The molecule has 0 fully saturated rings. The van der Waals surface area contributed by atoms with Gasteiger partial charge in [0.15, 0.2) is 0 Å². The summed E-state index contributed by atoms with van der Waals surface area (Å²) in [7, 11) is 0. The fraction of sp³-hybridized carbons (Fsp3) is 0.286. The Hall–Kier alpha value is -3.15. The lowest BCUT2D eigenvalue weighted by molar-refractivity contribution is -0.142. The summed E-state index contributed by atoms with van der Waals surface area (Å²) in [6.45, 7) is 3.27. The molecule has 6 heteroatoms. The van der Waals surface area contributed by atoms with E-state index < -0.39 is 24.0 Å². The SMILES string of the molecule is CC(=O)N[C@@H](Cc1ccccc1)C(=O)N[C@H](Cc1ccc(C)cc1)C(=O)O. The Morgan fingerprint density at radius 3 is 1.96 bits per heavy atom. The maximum Gasteiger partial charge on any atom is 0.326 e. The highest BCUT2D eigenvalue weighted by atomic mass is 16.4. The largest absolute Gasteiger partial charge is 0.480 e. The minimum Gasteiger partial charge on any atom is -0.480 e. The second kappa shape index (κ2) is 9.52. The predicted octanol–water partition coefficient (Wildman–Crippen LogP) is 1.85. The number of aryl methyl sites for hydroxylation is 1. The van der Waals surface area contributed by atoms with Gasteiger partial charge in [-0.1, -0.05) is 60.2 Å². The van der Waals surface area contributed by atoms with Crippen molar-refractivity contribution in [2.45, 2.75) is 38.8 Å². The molecule has 0 aromatic heterocycles. The standard InChI is InChI=1S/C21H24N2O4/c1-14-8-10-17(11-9-14)13-19(21(26)27)23-20(25)18(22-15(2)24)12-16-6-4-3-5-7-16/h3-11,18-19H,12-13H2,1-2H3,(H,22,24)(H,23,25)(H,26,27)/t18-,19+/m0/s1. The molecule has 2 aromatic carbocycles. The molecular formula is C21H24N2O4. The van der Waals surface area contributed by atoms with Crippen LogP contribution in [0.15, 0.2) is 54.6 Å². The first-order valence-electron chi connectivity index (χ1n) is 8.75. The van der Waals surface area contributed by atoms with Crippen LogP contribution in [-0.2, 0) is 27.2 Å². The second-order valence-electron chi connectivity index (χ2n) is 6.53. The summed E-state index contributed by atoms with van der Waals surface area (Å²) in [4.78, 5) is 35.7. The van der Waals surface area contributed by atoms with Gasteiger partial charge in [0.2, 0.25) is 11.8 Å². The highest BCUT2D eigenvalue weighted by molar-refractivity contribution is 5.90. The van der Waals surface area contributed by atoms with Gasteiger partial charge in [0.05, 0.1) is 0 Å². The van der Waals surface area contributed by atoms with E-state index in [1.165, 1.54) is 6.92 Å². The molecule has 0 saturated heterocycles. The van der Waals surface area contributed by atoms with Crippen molar-refractivity contribution in [2.24, 2.45) is 0 Å². The van der Waals surface area contributed by atoms with Crippen LogP contribution < -0.4 is 10.6 Å². The quantitative estimate of drug-likeness (QED) is 0.663. The number of carbonyl (C=O) groups is 3. The fourth-order valence-electron chi connectivity index (χ4n) is 2.74. The van der Waals surface area contributed by atoms with E-state index in [4.69, 9.17) is 0 Å². The van der Waals surface area contributed by atoms with Crippen molar-refractivity contribution in [3.05, 3.63) is 71.3 Å². The molecule has 0 radical (unpaired) electrons. The average Bonchev–Trinajstić information content (AvgIpc) is 2.62. The zero-order valence-electron chi connectivity index (χ0n) is 15.4. The van der Waals surface area contributed by atoms with E-state index in [1.54, 1.807) is 0 Å². The molecule has 2 rings (SSSR count). The Labute approximate surface area is 158 Å². The Morgan fingerprint density at radius 1 is 0.852 bits per heavy atom. The summed E-state index contributed by atoms with van der Waals surface area (Å²) in [5.74, 6) is -1.99. The van der Waals surface area contributed by atoms with Gasteiger partial charge in [0, 0.05) is 19.8 Å². The molecule has 0 aliphatic heterocycles. The van der Waals surface area contributed by atoms with E-state index in [2.05, 4.69) is 10.6 Å². The highest BCUT2D eigenvalue weighted by Crippen LogP contribution is 2.08. The van der Waals surface area contributed by atoms with Crippen molar-refractivity contribution in [3.8, 4) is 0 Å². The van der Waals surface area contributed by atoms with Crippen molar-refractivity contribution in [1.29, 1.82) is 0 Å². The first-order valence-corrected chi connectivity index (χ1v) is 8.75.